The zero-order chi connectivity index (χ0) is 17.9. The molecule has 2 aromatic rings. The first kappa shape index (κ1) is 18.3. The second kappa shape index (κ2) is 7.83. The van der Waals surface area contributed by atoms with E-state index >= 15 is 0 Å². The predicted molar refractivity (Wildman–Crippen MR) is 96.6 cm³/mol. The van der Waals surface area contributed by atoms with E-state index in [0.717, 1.165) is 43.6 Å². The Morgan fingerprint density at radius 3 is 2.44 bits per heavy atom. The zero-order valence-electron chi connectivity index (χ0n) is 13.7. The summed E-state index contributed by atoms with van der Waals surface area (Å²) in [5.74, 6) is -0.639. The molecule has 134 valence electrons. The Hall–Kier alpha value is -1.47. The second-order valence-corrected chi connectivity index (χ2v) is 8.27. The number of rotatable bonds is 6. The highest BCUT2D eigenvalue weighted by molar-refractivity contribution is 7.89. The summed E-state index contributed by atoms with van der Waals surface area (Å²) in [6, 6.07) is 13.2. The van der Waals surface area contributed by atoms with Crippen LogP contribution in [0.4, 0.5) is 4.39 Å². The lowest BCUT2D eigenvalue weighted by atomic mass is 10.1. The zero-order valence-corrected chi connectivity index (χ0v) is 15.2. The minimum Gasteiger partial charge on any atom is -0.295 e. The average Bonchev–Trinajstić information content (AvgIpc) is 3.12. The standard InChI is InChI=1S/C18H20ClFN2O2S/c19-16-12-15(8-9-17(16)20)25(23,24)21-13-18(22-10-4-5-11-22)14-6-2-1-3-7-14/h1-3,6-9,12,18,21H,4-5,10-11,13H2/t18-/m0/s1. The molecule has 1 N–H and O–H groups in total. The highest BCUT2D eigenvalue weighted by atomic mass is 35.5. The SMILES string of the molecule is O=S(=O)(NC[C@@H](c1ccccc1)N1CCCC1)c1ccc(F)c(Cl)c1. The Labute approximate surface area is 152 Å². The molecule has 25 heavy (non-hydrogen) atoms. The van der Waals surface area contributed by atoms with Crippen molar-refractivity contribution >= 4 is 21.6 Å². The monoisotopic (exact) mass is 382 g/mol. The smallest absolute Gasteiger partial charge is 0.240 e. The Balaban J connectivity index is 1.79. The molecule has 1 heterocycles. The van der Waals surface area contributed by atoms with Crippen LogP contribution < -0.4 is 4.72 Å². The molecular weight excluding hydrogens is 363 g/mol. The molecule has 1 aliphatic heterocycles. The van der Waals surface area contributed by atoms with E-state index < -0.39 is 15.8 Å². The van der Waals surface area contributed by atoms with Crippen molar-refractivity contribution in [2.24, 2.45) is 0 Å². The fraction of sp³-hybridized carbons (Fsp3) is 0.333. The van der Waals surface area contributed by atoms with Crippen molar-refractivity contribution in [3.05, 3.63) is 64.9 Å². The largest absolute Gasteiger partial charge is 0.295 e. The summed E-state index contributed by atoms with van der Waals surface area (Å²) < 4.78 is 41.0. The first-order valence-corrected chi connectivity index (χ1v) is 10.1. The topological polar surface area (TPSA) is 49.4 Å². The van der Waals surface area contributed by atoms with Crippen molar-refractivity contribution in [1.29, 1.82) is 0 Å². The highest BCUT2D eigenvalue weighted by Crippen LogP contribution is 2.25. The Morgan fingerprint density at radius 2 is 1.80 bits per heavy atom. The maximum absolute atomic E-state index is 13.3. The van der Waals surface area contributed by atoms with E-state index in [1.165, 1.54) is 6.07 Å². The van der Waals surface area contributed by atoms with Crippen molar-refractivity contribution in [3.63, 3.8) is 0 Å². The minimum atomic E-state index is -3.76. The van der Waals surface area contributed by atoms with Crippen LogP contribution in [0.15, 0.2) is 53.4 Å². The lowest BCUT2D eigenvalue weighted by Gasteiger charge is -2.28. The summed E-state index contributed by atoms with van der Waals surface area (Å²) in [5.41, 5.74) is 1.07. The van der Waals surface area contributed by atoms with Gasteiger partial charge in [-0.2, -0.15) is 0 Å². The summed E-state index contributed by atoms with van der Waals surface area (Å²) in [5, 5.41) is -0.206. The van der Waals surface area contributed by atoms with Gasteiger partial charge in [0.1, 0.15) is 5.82 Å². The van der Waals surface area contributed by atoms with Crippen LogP contribution in [0.25, 0.3) is 0 Å². The molecule has 1 atom stereocenters. The average molecular weight is 383 g/mol. The van der Waals surface area contributed by atoms with Gasteiger partial charge in [-0.25, -0.2) is 17.5 Å². The van der Waals surface area contributed by atoms with Crippen LogP contribution in [0.3, 0.4) is 0 Å². The van der Waals surface area contributed by atoms with E-state index in [1.807, 2.05) is 30.3 Å². The Kier molecular flexibility index (Phi) is 5.74. The van der Waals surface area contributed by atoms with Crippen molar-refractivity contribution in [3.8, 4) is 0 Å². The van der Waals surface area contributed by atoms with E-state index in [4.69, 9.17) is 11.6 Å². The molecular formula is C18H20ClFN2O2S. The summed E-state index contributed by atoms with van der Waals surface area (Å²) in [6.45, 7) is 2.15. The number of halogens is 2. The number of nitrogens with zero attached hydrogens (tertiary/aromatic N) is 1. The molecule has 7 heteroatoms. The van der Waals surface area contributed by atoms with Crippen molar-refractivity contribution in [1.82, 2.24) is 9.62 Å². The van der Waals surface area contributed by atoms with Crippen LogP contribution in [0.5, 0.6) is 0 Å². The van der Waals surface area contributed by atoms with E-state index in [1.54, 1.807) is 0 Å². The third kappa shape index (κ3) is 4.39. The van der Waals surface area contributed by atoms with Gasteiger partial charge in [0.25, 0.3) is 0 Å². The minimum absolute atomic E-state index is 0.0330. The molecule has 0 radical (unpaired) electrons. The molecule has 2 aromatic carbocycles. The molecule has 0 amide bonds. The van der Waals surface area contributed by atoms with Crippen molar-refractivity contribution in [2.45, 2.75) is 23.8 Å². The molecule has 0 aliphatic carbocycles. The molecule has 1 aliphatic rings. The van der Waals surface area contributed by atoms with Crippen molar-refractivity contribution < 1.29 is 12.8 Å². The molecule has 0 bridgehead atoms. The molecule has 4 nitrogen and oxygen atoms in total. The number of hydrogen-bond acceptors (Lipinski definition) is 3. The van der Waals surface area contributed by atoms with Crippen LogP contribution in [-0.4, -0.2) is 33.0 Å². The molecule has 1 fully saturated rings. The second-order valence-electron chi connectivity index (χ2n) is 6.10. The van der Waals surface area contributed by atoms with Gasteiger partial charge in [-0.1, -0.05) is 41.9 Å². The molecule has 3 rings (SSSR count). The number of hydrogen-bond donors (Lipinski definition) is 1. The maximum atomic E-state index is 13.3. The predicted octanol–water partition coefficient (Wildman–Crippen LogP) is 3.59. The van der Waals surface area contributed by atoms with Gasteiger partial charge in [0.2, 0.25) is 10.0 Å². The number of benzene rings is 2. The van der Waals surface area contributed by atoms with Crippen LogP contribution in [0, 0.1) is 5.82 Å². The van der Waals surface area contributed by atoms with E-state index in [2.05, 4.69) is 9.62 Å². The summed E-state index contributed by atoms with van der Waals surface area (Å²) in [7, 11) is -3.76. The quantitative estimate of drug-likeness (QED) is 0.830. The van der Waals surface area contributed by atoms with E-state index in [9.17, 15) is 12.8 Å². The van der Waals surface area contributed by atoms with Gasteiger partial charge in [0, 0.05) is 12.6 Å². The summed E-state index contributed by atoms with van der Waals surface area (Å²) in [4.78, 5) is 2.25. The van der Waals surface area contributed by atoms with Crippen LogP contribution in [0.2, 0.25) is 5.02 Å². The third-order valence-electron chi connectivity index (χ3n) is 4.43. The maximum Gasteiger partial charge on any atom is 0.240 e. The molecule has 0 unspecified atom stereocenters. The fourth-order valence-corrected chi connectivity index (χ4v) is 4.41. The number of likely N-dealkylation sites (tertiary alicyclic amines) is 1. The first-order valence-electron chi connectivity index (χ1n) is 8.21. The van der Waals surface area contributed by atoms with Gasteiger partial charge in [-0.05, 0) is 49.7 Å². The summed E-state index contributed by atoms with van der Waals surface area (Å²) in [6.07, 6.45) is 2.23. The molecule has 0 aromatic heterocycles. The third-order valence-corrected chi connectivity index (χ3v) is 6.14. The molecule has 1 saturated heterocycles. The lowest BCUT2D eigenvalue weighted by molar-refractivity contribution is 0.246. The van der Waals surface area contributed by atoms with E-state index in [0.29, 0.717) is 0 Å². The van der Waals surface area contributed by atoms with Gasteiger partial charge < -0.3 is 0 Å². The molecule has 0 spiro atoms. The van der Waals surface area contributed by atoms with Crippen LogP contribution >= 0.6 is 11.6 Å². The van der Waals surface area contributed by atoms with Gasteiger partial charge in [-0.3, -0.25) is 4.90 Å². The highest BCUT2D eigenvalue weighted by Gasteiger charge is 2.25. The normalized spacial score (nSPS) is 16.9. The van der Waals surface area contributed by atoms with Gasteiger partial charge in [0.05, 0.1) is 9.92 Å². The molecule has 0 saturated carbocycles. The lowest BCUT2D eigenvalue weighted by Crippen LogP contribution is -2.36. The Morgan fingerprint density at radius 1 is 1.12 bits per heavy atom. The first-order chi connectivity index (χ1) is 12.0. The van der Waals surface area contributed by atoms with Gasteiger partial charge >= 0.3 is 0 Å². The number of nitrogens with one attached hydrogen (secondary N) is 1. The Bertz CT molecular complexity index is 824. The van der Waals surface area contributed by atoms with Gasteiger partial charge in [0.15, 0.2) is 0 Å². The van der Waals surface area contributed by atoms with Gasteiger partial charge in [-0.15, -0.1) is 0 Å². The van der Waals surface area contributed by atoms with Crippen LogP contribution in [0.1, 0.15) is 24.4 Å². The fourth-order valence-electron chi connectivity index (χ4n) is 3.10. The van der Waals surface area contributed by atoms with E-state index in [-0.39, 0.29) is 22.5 Å². The summed E-state index contributed by atoms with van der Waals surface area (Å²) >= 11 is 5.71. The van der Waals surface area contributed by atoms with Crippen LogP contribution in [-0.2, 0) is 10.0 Å². The van der Waals surface area contributed by atoms with Crippen molar-refractivity contribution in [2.75, 3.05) is 19.6 Å². The number of sulfonamides is 1.